The maximum atomic E-state index is 7.76. The Kier molecular flexibility index (Phi) is 3.75. The molecule has 0 bridgehead atoms. The Bertz CT molecular complexity index is 154. The van der Waals surface area contributed by atoms with Crippen molar-refractivity contribution < 1.29 is 0 Å². The first-order valence-corrected chi connectivity index (χ1v) is 4.53. The van der Waals surface area contributed by atoms with Crippen LogP contribution in [0.25, 0.3) is 0 Å². The minimum atomic E-state index is 0.274. The first-order valence-electron chi connectivity index (χ1n) is 4.53. The lowest BCUT2D eigenvalue weighted by molar-refractivity contribution is 0.298. The van der Waals surface area contributed by atoms with E-state index in [1.165, 1.54) is 0 Å². The van der Waals surface area contributed by atoms with Crippen LogP contribution in [0, 0.1) is 16.7 Å². The van der Waals surface area contributed by atoms with Crippen molar-refractivity contribution in [1.82, 2.24) is 4.90 Å². The highest BCUT2D eigenvalue weighted by Crippen LogP contribution is 2.15. The largest absolute Gasteiger partial charge is 0.363 e. The highest BCUT2D eigenvalue weighted by Gasteiger charge is 2.16. The average molecular weight is 170 g/mol. The third-order valence-corrected chi connectivity index (χ3v) is 1.67. The third-order valence-electron chi connectivity index (χ3n) is 1.67. The molecule has 0 unspecified atom stereocenters. The van der Waals surface area contributed by atoms with Crippen molar-refractivity contribution >= 4 is 5.84 Å². The van der Waals surface area contributed by atoms with Crippen LogP contribution in [0.5, 0.6) is 0 Å². The summed E-state index contributed by atoms with van der Waals surface area (Å²) in [6.07, 6.45) is 0. The fourth-order valence-electron chi connectivity index (χ4n) is 1.24. The van der Waals surface area contributed by atoms with Gasteiger partial charge in [-0.15, -0.1) is 0 Å². The van der Waals surface area contributed by atoms with Crippen molar-refractivity contribution in [1.29, 1.82) is 5.41 Å². The van der Waals surface area contributed by atoms with Crippen LogP contribution >= 0.6 is 0 Å². The van der Waals surface area contributed by atoms with Gasteiger partial charge < -0.3 is 4.90 Å². The maximum Gasteiger partial charge on any atom is 0.0981 e. The molecule has 0 aliphatic rings. The Hall–Kier alpha value is -0.530. The van der Waals surface area contributed by atoms with E-state index in [4.69, 9.17) is 5.41 Å². The summed E-state index contributed by atoms with van der Waals surface area (Å²) in [5.74, 6) is 1.06. The van der Waals surface area contributed by atoms with E-state index >= 15 is 0 Å². The highest BCUT2D eigenvalue weighted by molar-refractivity contribution is 5.80. The topological polar surface area (TPSA) is 27.1 Å². The van der Waals surface area contributed by atoms with Crippen LogP contribution in [0.1, 0.15) is 34.6 Å². The molecule has 2 nitrogen and oxygen atoms in total. The molecule has 0 atom stereocenters. The van der Waals surface area contributed by atoms with Crippen LogP contribution in [0.15, 0.2) is 0 Å². The summed E-state index contributed by atoms with van der Waals surface area (Å²) in [6, 6.07) is 0. The van der Waals surface area contributed by atoms with E-state index in [9.17, 15) is 0 Å². The summed E-state index contributed by atoms with van der Waals surface area (Å²) in [4.78, 5) is 2.03. The molecule has 0 radical (unpaired) electrons. The number of nitrogens with one attached hydrogen (secondary N) is 1. The lowest BCUT2D eigenvalue weighted by Crippen LogP contribution is -2.36. The number of nitrogens with zero attached hydrogens (tertiary/aromatic N) is 1. The van der Waals surface area contributed by atoms with Gasteiger partial charge in [0.15, 0.2) is 0 Å². The van der Waals surface area contributed by atoms with Gasteiger partial charge in [0.25, 0.3) is 0 Å². The first-order chi connectivity index (χ1) is 5.24. The second-order valence-corrected chi connectivity index (χ2v) is 4.96. The molecule has 0 aromatic carbocycles. The summed E-state index contributed by atoms with van der Waals surface area (Å²) in [6.45, 7) is 11.6. The Labute approximate surface area is 76.5 Å². The van der Waals surface area contributed by atoms with Gasteiger partial charge in [0.2, 0.25) is 0 Å². The Morgan fingerprint density at radius 2 is 1.75 bits per heavy atom. The summed E-state index contributed by atoms with van der Waals surface area (Å²) >= 11 is 0. The summed E-state index contributed by atoms with van der Waals surface area (Å²) in [7, 11) is 1.99. The molecule has 0 heterocycles. The Morgan fingerprint density at radius 1 is 1.33 bits per heavy atom. The molecule has 12 heavy (non-hydrogen) atoms. The second-order valence-electron chi connectivity index (χ2n) is 4.96. The van der Waals surface area contributed by atoms with E-state index in [2.05, 4.69) is 34.6 Å². The molecule has 0 rings (SSSR count). The molecule has 0 fully saturated rings. The number of hydrogen-bond donors (Lipinski definition) is 1. The van der Waals surface area contributed by atoms with Crippen LogP contribution < -0.4 is 0 Å². The minimum Gasteiger partial charge on any atom is -0.363 e. The lowest BCUT2D eigenvalue weighted by atomic mass is 9.96. The number of amidine groups is 1. The molecule has 1 N–H and O–H groups in total. The van der Waals surface area contributed by atoms with Gasteiger partial charge in [-0.3, -0.25) is 5.41 Å². The first kappa shape index (κ1) is 11.5. The lowest BCUT2D eigenvalue weighted by Gasteiger charge is -2.29. The van der Waals surface area contributed by atoms with E-state index in [1.807, 2.05) is 11.9 Å². The fraction of sp³-hybridized carbons (Fsp3) is 0.900. The normalized spacial score (nSPS) is 11.9. The summed E-state index contributed by atoms with van der Waals surface area (Å²) in [5.41, 5.74) is 0.274. The standard InChI is InChI=1S/C10H22N2/c1-8(2)9(11)12(6)7-10(3,4)5/h8,11H,7H2,1-6H3. The predicted octanol–water partition coefficient (Wildman–Crippen LogP) is 2.60. The van der Waals surface area contributed by atoms with E-state index < -0.39 is 0 Å². The van der Waals surface area contributed by atoms with Gasteiger partial charge in [0.05, 0.1) is 5.84 Å². The van der Waals surface area contributed by atoms with Gasteiger partial charge in [-0.25, -0.2) is 0 Å². The summed E-state index contributed by atoms with van der Waals surface area (Å²) in [5, 5.41) is 7.76. The van der Waals surface area contributed by atoms with E-state index in [1.54, 1.807) is 0 Å². The molecule has 0 saturated heterocycles. The van der Waals surface area contributed by atoms with Crippen molar-refractivity contribution in [3.8, 4) is 0 Å². The van der Waals surface area contributed by atoms with Crippen molar-refractivity contribution in [3.05, 3.63) is 0 Å². The van der Waals surface area contributed by atoms with Crippen molar-refractivity contribution in [2.75, 3.05) is 13.6 Å². The van der Waals surface area contributed by atoms with Gasteiger partial charge in [-0.2, -0.15) is 0 Å². The highest BCUT2D eigenvalue weighted by atomic mass is 15.1. The zero-order valence-electron chi connectivity index (χ0n) is 9.23. The minimum absolute atomic E-state index is 0.274. The van der Waals surface area contributed by atoms with Gasteiger partial charge in [0.1, 0.15) is 0 Å². The molecule has 0 aliphatic heterocycles. The molecule has 72 valence electrons. The van der Waals surface area contributed by atoms with E-state index in [0.29, 0.717) is 5.92 Å². The third kappa shape index (κ3) is 4.37. The SMILES string of the molecule is CC(C)C(=N)N(C)CC(C)(C)C. The Balaban J connectivity index is 4.05. The molecule has 2 heteroatoms. The van der Waals surface area contributed by atoms with Crippen LogP contribution in [-0.4, -0.2) is 24.3 Å². The molecular formula is C10H22N2. The Morgan fingerprint density at radius 3 is 2.00 bits per heavy atom. The predicted molar refractivity (Wildman–Crippen MR) is 54.6 cm³/mol. The molecule has 0 aromatic heterocycles. The molecule has 0 saturated carbocycles. The van der Waals surface area contributed by atoms with Gasteiger partial charge in [-0.05, 0) is 5.41 Å². The fourth-order valence-corrected chi connectivity index (χ4v) is 1.24. The van der Waals surface area contributed by atoms with E-state index in [0.717, 1.165) is 12.4 Å². The molecule has 0 amide bonds. The van der Waals surface area contributed by atoms with Gasteiger partial charge >= 0.3 is 0 Å². The van der Waals surface area contributed by atoms with Crippen LogP contribution in [0.3, 0.4) is 0 Å². The van der Waals surface area contributed by atoms with Crippen LogP contribution in [0.2, 0.25) is 0 Å². The quantitative estimate of drug-likeness (QED) is 0.500. The van der Waals surface area contributed by atoms with Crippen molar-refractivity contribution in [2.45, 2.75) is 34.6 Å². The van der Waals surface area contributed by atoms with Crippen LogP contribution in [0.4, 0.5) is 0 Å². The summed E-state index contributed by atoms with van der Waals surface area (Å²) < 4.78 is 0. The average Bonchev–Trinajstić information content (AvgIpc) is 1.82. The smallest absolute Gasteiger partial charge is 0.0981 e. The molecule has 0 aromatic rings. The van der Waals surface area contributed by atoms with Crippen LogP contribution in [-0.2, 0) is 0 Å². The van der Waals surface area contributed by atoms with Crippen molar-refractivity contribution in [3.63, 3.8) is 0 Å². The molecule has 0 spiro atoms. The monoisotopic (exact) mass is 170 g/mol. The van der Waals surface area contributed by atoms with E-state index in [-0.39, 0.29) is 5.41 Å². The second kappa shape index (κ2) is 3.92. The number of rotatable bonds is 2. The van der Waals surface area contributed by atoms with Crippen molar-refractivity contribution in [2.24, 2.45) is 11.3 Å². The zero-order chi connectivity index (χ0) is 9.94. The van der Waals surface area contributed by atoms with Gasteiger partial charge in [0, 0.05) is 19.5 Å². The molecular weight excluding hydrogens is 148 g/mol. The maximum absolute atomic E-state index is 7.76. The molecule has 0 aliphatic carbocycles. The zero-order valence-corrected chi connectivity index (χ0v) is 9.23. The van der Waals surface area contributed by atoms with Gasteiger partial charge in [-0.1, -0.05) is 34.6 Å². The number of hydrogen-bond acceptors (Lipinski definition) is 1.